The van der Waals surface area contributed by atoms with Crippen LogP contribution in [0.1, 0.15) is 12.5 Å². The first-order valence-electron chi connectivity index (χ1n) is 7.16. The molecule has 24 heavy (non-hydrogen) atoms. The van der Waals surface area contributed by atoms with Crippen molar-refractivity contribution in [1.29, 1.82) is 0 Å². The number of pyridine rings is 1. The number of primary amides is 1. The molecule has 0 aliphatic heterocycles. The molecule has 2 rings (SSSR count). The number of hydrogen-bond acceptors (Lipinski definition) is 4. The fourth-order valence-corrected chi connectivity index (χ4v) is 1.86. The molecule has 0 saturated carbocycles. The molecule has 0 radical (unpaired) electrons. The molecule has 7 nitrogen and oxygen atoms in total. The van der Waals surface area contributed by atoms with Crippen LogP contribution in [0.4, 0.5) is 9.18 Å². The molecule has 0 aliphatic carbocycles. The van der Waals surface area contributed by atoms with E-state index in [4.69, 9.17) is 10.5 Å². The molecule has 8 heteroatoms. The summed E-state index contributed by atoms with van der Waals surface area (Å²) in [6.45, 7) is 1.75. The number of carbonyl (C=O) groups is 2. The van der Waals surface area contributed by atoms with Crippen molar-refractivity contribution in [2.75, 3.05) is 0 Å². The zero-order chi connectivity index (χ0) is 17.5. The van der Waals surface area contributed by atoms with Gasteiger partial charge in [-0.3, -0.25) is 4.79 Å². The quantitative estimate of drug-likeness (QED) is 0.748. The van der Waals surface area contributed by atoms with Gasteiger partial charge in [-0.05, 0) is 42.8 Å². The summed E-state index contributed by atoms with van der Waals surface area (Å²) in [7, 11) is 0. The molecular weight excluding hydrogens is 315 g/mol. The van der Waals surface area contributed by atoms with E-state index >= 15 is 0 Å². The lowest BCUT2D eigenvalue weighted by Crippen LogP contribution is -2.46. The van der Waals surface area contributed by atoms with Crippen LogP contribution in [0.2, 0.25) is 0 Å². The number of carbonyl (C=O) groups excluding carboxylic acids is 2. The van der Waals surface area contributed by atoms with Crippen molar-refractivity contribution < 1.29 is 18.7 Å². The van der Waals surface area contributed by atoms with Crippen molar-refractivity contribution in [2.45, 2.75) is 19.5 Å². The lowest BCUT2D eigenvalue weighted by Gasteiger charge is -2.13. The van der Waals surface area contributed by atoms with Gasteiger partial charge in [-0.15, -0.1) is 0 Å². The number of nitrogens with one attached hydrogen (secondary N) is 2. The molecular formula is C16H17FN4O3. The third-order valence-electron chi connectivity index (χ3n) is 3.05. The van der Waals surface area contributed by atoms with Gasteiger partial charge in [-0.1, -0.05) is 0 Å². The Morgan fingerprint density at radius 2 is 2.00 bits per heavy atom. The molecule has 0 bridgehead atoms. The summed E-state index contributed by atoms with van der Waals surface area (Å²) in [5.74, 6) is 0.0399. The van der Waals surface area contributed by atoms with E-state index in [0.29, 0.717) is 11.6 Å². The van der Waals surface area contributed by atoms with Gasteiger partial charge >= 0.3 is 6.03 Å². The smallest absolute Gasteiger partial charge is 0.312 e. The van der Waals surface area contributed by atoms with Gasteiger partial charge in [-0.25, -0.2) is 14.2 Å². The summed E-state index contributed by atoms with van der Waals surface area (Å²) in [4.78, 5) is 26.6. The predicted molar refractivity (Wildman–Crippen MR) is 84.7 cm³/mol. The van der Waals surface area contributed by atoms with Crippen LogP contribution in [0.3, 0.4) is 0 Å². The first-order chi connectivity index (χ1) is 11.4. The van der Waals surface area contributed by atoms with E-state index in [1.807, 2.05) is 0 Å². The molecule has 0 aliphatic rings. The molecule has 0 unspecified atom stereocenters. The van der Waals surface area contributed by atoms with Gasteiger partial charge < -0.3 is 21.1 Å². The van der Waals surface area contributed by atoms with Crippen molar-refractivity contribution in [3.05, 3.63) is 54.0 Å². The van der Waals surface area contributed by atoms with E-state index in [0.717, 1.165) is 5.56 Å². The third-order valence-corrected chi connectivity index (χ3v) is 3.05. The fourth-order valence-electron chi connectivity index (χ4n) is 1.86. The minimum atomic E-state index is -0.767. The molecule has 3 amide bonds. The number of nitrogens with two attached hydrogens (primary N) is 1. The molecule has 4 N–H and O–H groups in total. The van der Waals surface area contributed by atoms with E-state index in [9.17, 15) is 14.0 Å². The van der Waals surface area contributed by atoms with Crippen LogP contribution in [0, 0.1) is 5.82 Å². The highest BCUT2D eigenvalue weighted by atomic mass is 19.1. The number of nitrogens with zero attached hydrogens (tertiary/aromatic N) is 1. The summed E-state index contributed by atoms with van der Waals surface area (Å²) in [6.07, 6.45) is 1.53. The van der Waals surface area contributed by atoms with Gasteiger partial charge in [0.2, 0.25) is 11.8 Å². The number of hydrogen-bond donors (Lipinski definition) is 3. The third kappa shape index (κ3) is 5.24. The highest BCUT2D eigenvalue weighted by Gasteiger charge is 2.13. The van der Waals surface area contributed by atoms with Crippen molar-refractivity contribution in [1.82, 2.24) is 15.6 Å². The van der Waals surface area contributed by atoms with Crippen LogP contribution in [0.15, 0.2) is 42.6 Å². The molecule has 1 aromatic carbocycles. The first-order valence-corrected chi connectivity index (χ1v) is 7.16. The van der Waals surface area contributed by atoms with E-state index < -0.39 is 12.1 Å². The highest BCUT2D eigenvalue weighted by Crippen LogP contribution is 2.20. The monoisotopic (exact) mass is 332 g/mol. The molecule has 0 spiro atoms. The topological polar surface area (TPSA) is 106 Å². The van der Waals surface area contributed by atoms with Gasteiger partial charge in [0.05, 0.1) is 0 Å². The predicted octanol–water partition coefficient (Wildman–Crippen LogP) is 1.69. The second kappa shape index (κ2) is 7.91. The molecule has 126 valence electrons. The number of aromatic nitrogens is 1. The van der Waals surface area contributed by atoms with Crippen molar-refractivity contribution in [3.8, 4) is 11.6 Å². The van der Waals surface area contributed by atoms with Gasteiger partial charge in [0.1, 0.15) is 17.6 Å². The Bertz CT molecular complexity index is 722. The fraction of sp³-hybridized carbons (Fsp3) is 0.188. The maximum absolute atomic E-state index is 12.9. The highest BCUT2D eigenvalue weighted by molar-refractivity contribution is 5.86. The van der Waals surface area contributed by atoms with Crippen molar-refractivity contribution in [2.24, 2.45) is 5.73 Å². The van der Waals surface area contributed by atoms with E-state index in [1.54, 1.807) is 12.1 Å². The van der Waals surface area contributed by atoms with Crippen LogP contribution in [-0.2, 0) is 11.3 Å². The summed E-state index contributed by atoms with van der Waals surface area (Å²) in [5.41, 5.74) is 5.71. The Morgan fingerprint density at radius 1 is 1.29 bits per heavy atom. The minimum absolute atomic E-state index is 0.228. The van der Waals surface area contributed by atoms with Crippen molar-refractivity contribution >= 4 is 11.9 Å². The maximum Gasteiger partial charge on any atom is 0.312 e. The Hall–Kier alpha value is -3.16. The van der Waals surface area contributed by atoms with Gasteiger partial charge in [-0.2, -0.15) is 0 Å². The minimum Gasteiger partial charge on any atom is -0.439 e. The summed E-state index contributed by atoms with van der Waals surface area (Å²) in [6, 6.07) is 7.40. The largest absolute Gasteiger partial charge is 0.439 e. The first kappa shape index (κ1) is 17.2. The Balaban J connectivity index is 1.94. The van der Waals surface area contributed by atoms with Crippen LogP contribution in [0.5, 0.6) is 11.6 Å². The Morgan fingerprint density at radius 3 is 2.67 bits per heavy atom. The van der Waals surface area contributed by atoms with Gasteiger partial charge in [0, 0.05) is 18.8 Å². The lowest BCUT2D eigenvalue weighted by atomic mass is 10.2. The summed E-state index contributed by atoms with van der Waals surface area (Å²) >= 11 is 0. The summed E-state index contributed by atoms with van der Waals surface area (Å²) < 4.78 is 18.4. The standard InChI is InChI=1S/C16H17FN4O3/c1-10(21-16(18)23)15(22)20-9-11-6-7-19-14(8-11)24-13-4-2-12(17)3-5-13/h2-8,10H,9H2,1H3,(H,20,22)(H3,18,21,23)/t10-/m0/s1. The average Bonchev–Trinajstić information content (AvgIpc) is 2.54. The van der Waals surface area contributed by atoms with Crippen LogP contribution in [0.25, 0.3) is 0 Å². The molecule has 0 fully saturated rings. The molecule has 1 aromatic heterocycles. The number of ether oxygens (including phenoxy) is 1. The van der Waals surface area contributed by atoms with Crippen molar-refractivity contribution in [3.63, 3.8) is 0 Å². The van der Waals surface area contributed by atoms with Crippen LogP contribution >= 0.6 is 0 Å². The number of rotatable bonds is 6. The number of urea groups is 1. The molecule has 2 aromatic rings. The van der Waals surface area contributed by atoms with E-state index in [-0.39, 0.29) is 18.3 Å². The average molecular weight is 332 g/mol. The van der Waals surface area contributed by atoms with Crippen LogP contribution in [-0.4, -0.2) is 23.0 Å². The van der Waals surface area contributed by atoms with E-state index in [2.05, 4.69) is 15.6 Å². The summed E-state index contributed by atoms with van der Waals surface area (Å²) in [5, 5.41) is 4.95. The normalized spacial score (nSPS) is 11.4. The zero-order valence-electron chi connectivity index (χ0n) is 13.0. The van der Waals surface area contributed by atoms with Gasteiger partial charge in [0.15, 0.2) is 0 Å². The maximum atomic E-state index is 12.9. The molecule has 1 heterocycles. The second-order valence-corrected chi connectivity index (χ2v) is 5.01. The number of amides is 3. The SMILES string of the molecule is C[C@H](NC(N)=O)C(=O)NCc1ccnc(Oc2ccc(F)cc2)c1. The Kier molecular flexibility index (Phi) is 5.67. The molecule has 0 saturated heterocycles. The van der Waals surface area contributed by atoms with E-state index in [1.165, 1.54) is 37.4 Å². The van der Waals surface area contributed by atoms with Crippen LogP contribution < -0.4 is 21.1 Å². The molecule has 1 atom stereocenters. The number of halogens is 1. The van der Waals surface area contributed by atoms with Gasteiger partial charge in [0.25, 0.3) is 0 Å². The Labute approximate surface area is 138 Å². The number of benzene rings is 1. The lowest BCUT2D eigenvalue weighted by molar-refractivity contribution is -0.122. The second-order valence-electron chi connectivity index (χ2n) is 5.01. The zero-order valence-corrected chi connectivity index (χ0v) is 13.0.